The quantitative estimate of drug-likeness (QED) is 0.132. The van der Waals surface area contributed by atoms with Gasteiger partial charge in [0.15, 0.2) is 0 Å². The number of carbonyl (C=O) groups is 2. The Morgan fingerprint density at radius 1 is 1.50 bits per heavy atom. The van der Waals surface area contributed by atoms with Crippen LogP contribution in [0.3, 0.4) is 0 Å². The Morgan fingerprint density at radius 3 is 2.50 bits per heavy atom. The van der Waals surface area contributed by atoms with Crippen LogP contribution < -0.4 is 11.1 Å². The van der Waals surface area contributed by atoms with E-state index in [9.17, 15) is 9.59 Å². The molecule has 0 unspecified atom stereocenters. The van der Waals surface area contributed by atoms with Gasteiger partial charge >= 0.3 is 5.97 Å². The van der Waals surface area contributed by atoms with Crippen molar-refractivity contribution < 1.29 is 19.9 Å². The smallest absolute Gasteiger partial charge is 0.329 e. The molecule has 0 radical (unpaired) electrons. The van der Waals surface area contributed by atoms with Crippen LogP contribution in [0.4, 0.5) is 0 Å². The van der Waals surface area contributed by atoms with Crippen molar-refractivity contribution in [2.45, 2.75) is 0 Å². The van der Waals surface area contributed by atoms with E-state index < -0.39 is 17.7 Å². The van der Waals surface area contributed by atoms with E-state index in [1.807, 2.05) is 5.32 Å². The monoisotopic (exact) mass is 173 g/mol. The van der Waals surface area contributed by atoms with Crippen LogP contribution in [0.2, 0.25) is 0 Å². The van der Waals surface area contributed by atoms with Crippen molar-refractivity contribution in [3.8, 4) is 0 Å². The van der Waals surface area contributed by atoms with Gasteiger partial charge in [-0.2, -0.15) is 0 Å². The van der Waals surface area contributed by atoms with Crippen molar-refractivity contribution in [1.29, 1.82) is 0 Å². The summed E-state index contributed by atoms with van der Waals surface area (Å²) in [5.74, 6) is -2.74. The van der Waals surface area contributed by atoms with Crippen LogP contribution in [0.25, 0.3) is 0 Å². The first-order chi connectivity index (χ1) is 5.57. The average Bonchev–Trinajstić information content (AvgIpc) is 2.02. The van der Waals surface area contributed by atoms with Crippen molar-refractivity contribution in [2.24, 2.45) is 10.9 Å². The first-order valence-electron chi connectivity index (χ1n) is 2.75. The van der Waals surface area contributed by atoms with E-state index in [0.717, 1.165) is 6.20 Å². The average molecular weight is 173 g/mol. The van der Waals surface area contributed by atoms with Gasteiger partial charge in [-0.3, -0.25) is 4.79 Å². The molecular formula is C5H7N3O4. The summed E-state index contributed by atoms with van der Waals surface area (Å²) >= 11 is 0. The topological polar surface area (TPSA) is 125 Å². The number of nitrogens with one attached hydrogen (secondary N) is 1. The molecule has 0 bridgehead atoms. The Labute approximate surface area is 67.2 Å². The van der Waals surface area contributed by atoms with E-state index in [1.54, 1.807) is 0 Å². The number of nitrogens with zero attached hydrogens (tertiary/aromatic N) is 1. The van der Waals surface area contributed by atoms with Crippen LogP contribution in [0.5, 0.6) is 0 Å². The number of hydrogen-bond acceptors (Lipinski definition) is 4. The van der Waals surface area contributed by atoms with Crippen molar-refractivity contribution in [1.82, 2.24) is 5.32 Å². The zero-order valence-electron chi connectivity index (χ0n) is 5.89. The summed E-state index contributed by atoms with van der Waals surface area (Å²) in [5.41, 5.74) is 4.84. The first kappa shape index (κ1) is 9.95. The van der Waals surface area contributed by atoms with Crippen LogP contribution in [0.15, 0.2) is 17.4 Å². The van der Waals surface area contributed by atoms with Gasteiger partial charge in [-0.05, 0) is 0 Å². The number of nitrogens with two attached hydrogens (primary N) is 1. The van der Waals surface area contributed by atoms with E-state index in [1.165, 1.54) is 0 Å². The second-order valence-electron chi connectivity index (χ2n) is 1.63. The van der Waals surface area contributed by atoms with Gasteiger partial charge in [0.2, 0.25) is 5.84 Å². The van der Waals surface area contributed by atoms with Crippen molar-refractivity contribution in [3.63, 3.8) is 0 Å². The lowest BCUT2D eigenvalue weighted by molar-refractivity contribution is -0.131. The van der Waals surface area contributed by atoms with Crippen molar-refractivity contribution in [2.75, 3.05) is 0 Å². The van der Waals surface area contributed by atoms with Gasteiger partial charge in [0, 0.05) is 12.3 Å². The number of amidine groups is 1. The third-order valence-electron chi connectivity index (χ3n) is 0.781. The molecule has 1 amide bonds. The maximum atomic E-state index is 10.6. The molecule has 0 aliphatic carbocycles. The van der Waals surface area contributed by atoms with Crippen LogP contribution >= 0.6 is 0 Å². The molecule has 0 fully saturated rings. The first-order valence-corrected chi connectivity index (χ1v) is 2.75. The third-order valence-corrected chi connectivity index (χ3v) is 0.781. The Bertz CT molecular complexity index is 245. The molecule has 0 rings (SSSR count). The Hall–Kier alpha value is -2.05. The van der Waals surface area contributed by atoms with Crippen molar-refractivity contribution in [3.05, 3.63) is 12.3 Å². The van der Waals surface area contributed by atoms with Gasteiger partial charge < -0.3 is 21.4 Å². The van der Waals surface area contributed by atoms with Crippen LogP contribution in [-0.4, -0.2) is 28.0 Å². The van der Waals surface area contributed by atoms with E-state index in [2.05, 4.69) is 5.16 Å². The maximum Gasteiger partial charge on any atom is 0.329 e. The zero-order chi connectivity index (χ0) is 9.56. The minimum absolute atomic E-state index is 0.648. The molecular weight excluding hydrogens is 166 g/mol. The van der Waals surface area contributed by atoms with Gasteiger partial charge in [0.25, 0.3) is 5.91 Å². The molecule has 0 aromatic carbocycles. The standard InChI is InChI=1S/C5H7N3O4/c6-4(8-12)5(11)7-2-1-3(9)10/h1-2,12H,(H2,6,8)(H,7,11)(H,9,10)/b2-1+. The Balaban J connectivity index is 3.96. The van der Waals surface area contributed by atoms with Gasteiger partial charge in [0.05, 0.1) is 0 Å². The number of amides is 1. The lowest BCUT2D eigenvalue weighted by atomic mass is 10.5. The minimum atomic E-state index is -1.21. The predicted octanol–water partition coefficient (Wildman–Crippen LogP) is -1.55. The van der Waals surface area contributed by atoms with Gasteiger partial charge in [-0.1, -0.05) is 5.16 Å². The number of rotatable bonds is 2. The number of hydrogen-bond donors (Lipinski definition) is 4. The minimum Gasteiger partial charge on any atom is -0.478 e. The van der Waals surface area contributed by atoms with Crippen LogP contribution in [-0.2, 0) is 9.59 Å². The lowest BCUT2D eigenvalue weighted by Crippen LogP contribution is -2.33. The normalized spacial score (nSPS) is 11.5. The molecule has 0 aliphatic heterocycles. The molecule has 0 atom stereocenters. The van der Waals surface area contributed by atoms with Gasteiger partial charge in [-0.25, -0.2) is 4.79 Å². The summed E-state index contributed by atoms with van der Waals surface area (Å²) in [7, 11) is 0. The molecule has 0 aromatic rings. The van der Waals surface area contributed by atoms with E-state index in [-0.39, 0.29) is 0 Å². The highest BCUT2D eigenvalue weighted by Crippen LogP contribution is 1.71. The fraction of sp³-hybridized carbons (Fsp3) is 0. The maximum absolute atomic E-state index is 10.6. The number of carboxylic acids is 1. The molecule has 0 saturated carbocycles. The molecule has 0 saturated heterocycles. The summed E-state index contributed by atoms with van der Waals surface area (Å²) < 4.78 is 0. The molecule has 12 heavy (non-hydrogen) atoms. The molecule has 0 heterocycles. The highest BCUT2D eigenvalue weighted by molar-refractivity contribution is 6.37. The third kappa shape index (κ3) is 3.88. The molecule has 7 nitrogen and oxygen atoms in total. The molecule has 66 valence electrons. The molecule has 0 spiro atoms. The molecule has 0 aromatic heterocycles. The number of carboxylic acid groups (broad SMARTS) is 1. The fourth-order valence-corrected chi connectivity index (χ4v) is 0.308. The van der Waals surface area contributed by atoms with Crippen LogP contribution in [0, 0.1) is 0 Å². The summed E-state index contributed by atoms with van der Waals surface area (Å²) in [6.45, 7) is 0. The summed E-state index contributed by atoms with van der Waals surface area (Å²) in [6.07, 6.45) is 1.56. The van der Waals surface area contributed by atoms with Gasteiger partial charge in [-0.15, -0.1) is 0 Å². The predicted molar refractivity (Wildman–Crippen MR) is 38.3 cm³/mol. The largest absolute Gasteiger partial charge is 0.478 e. The molecule has 0 aliphatic rings. The second kappa shape index (κ2) is 4.72. The highest BCUT2D eigenvalue weighted by atomic mass is 16.4. The Morgan fingerprint density at radius 2 is 2.08 bits per heavy atom. The zero-order valence-corrected chi connectivity index (χ0v) is 5.89. The van der Waals surface area contributed by atoms with Crippen LogP contribution in [0.1, 0.15) is 0 Å². The summed E-state index contributed by atoms with van der Waals surface area (Å²) in [5, 5.41) is 20.4. The Kier molecular flexibility index (Phi) is 3.91. The van der Waals surface area contributed by atoms with E-state index in [0.29, 0.717) is 6.08 Å². The molecule has 7 heteroatoms. The number of oxime groups is 1. The lowest BCUT2D eigenvalue weighted by Gasteiger charge is -1.94. The summed E-state index contributed by atoms with van der Waals surface area (Å²) in [4.78, 5) is 20.5. The van der Waals surface area contributed by atoms with E-state index in [4.69, 9.17) is 16.0 Å². The fourth-order valence-electron chi connectivity index (χ4n) is 0.308. The summed E-state index contributed by atoms with van der Waals surface area (Å²) in [6, 6.07) is 0. The number of aliphatic carboxylic acids is 1. The number of carbonyl (C=O) groups excluding carboxylic acids is 1. The second-order valence-corrected chi connectivity index (χ2v) is 1.63. The molecule has 5 N–H and O–H groups in total. The van der Waals surface area contributed by atoms with Gasteiger partial charge in [0.1, 0.15) is 0 Å². The highest BCUT2D eigenvalue weighted by Gasteiger charge is 2.03. The van der Waals surface area contributed by atoms with Crippen molar-refractivity contribution >= 4 is 17.7 Å². The van der Waals surface area contributed by atoms with E-state index >= 15 is 0 Å². The SMILES string of the molecule is N/C(=N/O)C(=O)N/C=C/C(=O)O.